The maximum absolute atomic E-state index is 9.95. The van der Waals surface area contributed by atoms with Crippen LogP contribution in [0.1, 0.15) is 129 Å². The molecule has 1 heterocycles. The van der Waals surface area contributed by atoms with Gasteiger partial charge >= 0.3 is 8.60 Å². The Hall–Kier alpha value is 0.230. The smallest absolute Gasteiger partial charge is 0.329 e. The zero-order valence-electron chi connectivity index (χ0n) is 21.7. The van der Waals surface area contributed by atoms with Crippen LogP contribution in [0.4, 0.5) is 0 Å². The van der Waals surface area contributed by atoms with Crippen LogP contribution in [0.2, 0.25) is 0 Å². The van der Waals surface area contributed by atoms with Crippen LogP contribution in [0.25, 0.3) is 0 Å². The van der Waals surface area contributed by atoms with Crippen molar-refractivity contribution < 1.29 is 19.0 Å². The average Bonchev–Trinajstić information content (AvgIpc) is 3.26. The van der Waals surface area contributed by atoms with E-state index in [9.17, 15) is 10.00 Å². The molecule has 0 aliphatic carbocycles. The summed E-state index contributed by atoms with van der Waals surface area (Å²) in [4.78, 5) is 11.7. The molecule has 0 aromatic heterocycles. The quantitative estimate of drug-likeness (QED) is 0.132. The largest absolute Gasteiger partial charge is 0.393 e. The van der Waals surface area contributed by atoms with Gasteiger partial charge in [0.25, 0.3) is 0 Å². The van der Waals surface area contributed by atoms with Crippen LogP contribution in [0.15, 0.2) is 0 Å². The molecular weight excluding hydrogens is 421 g/mol. The van der Waals surface area contributed by atoms with E-state index in [0.29, 0.717) is 13.2 Å². The first-order valence-electron chi connectivity index (χ1n) is 13.7. The number of hydrogen-bond acceptors (Lipinski definition) is 5. The molecule has 0 saturated carbocycles. The molecule has 1 saturated heterocycles. The van der Waals surface area contributed by atoms with Crippen LogP contribution in [-0.2, 0) is 9.05 Å². The molecule has 0 bridgehead atoms. The molecule has 1 fully saturated rings. The molecule has 1 aliphatic rings. The summed E-state index contributed by atoms with van der Waals surface area (Å²) in [6.07, 6.45) is 22.6. The highest BCUT2D eigenvalue weighted by atomic mass is 31.2. The van der Waals surface area contributed by atoms with Crippen LogP contribution in [0.5, 0.6) is 0 Å². The molecule has 0 spiro atoms. The first-order valence-corrected chi connectivity index (χ1v) is 14.8. The highest BCUT2D eigenvalue weighted by molar-refractivity contribution is 7.40. The molecule has 5 nitrogen and oxygen atoms in total. The second-order valence-corrected chi connectivity index (χ2v) is 10.3. The minimum absolute atomic E-state index is 0.233. The van der Waals surface area contributed by atoms with Crippen LogP contribution >= 0.6 is 8.60 Å². The lowest BCUT2D eigenvalue weighted by atomic mass is 10.0. The third kappa shape index (κ3) is 24.9. The van der Waals surface area contributed by atoms with Gasteiger partial charge in [0.2, 0.25) is 0 Å². The predicted molar refractivity (Wildman–Crippen MR) is 139 cm³/mol. The molecule has 32 heavy (non-hydrogen) atoms. The maximum atomic E-state index is 9.95. The second-order valence-electron chi connectivity index (χ2n) is 9.33. The Balaban J connectivity index is 0.00000136. The van der Waals surface area contributed by atoms with E-state index < -0.39 is 8.60 Å². The summed E-state index contributed by atoms with van der Waals surface area (Å²) < 4.78 is 10.1. The van der Waals surface area contributed by atoms with Crippen molar-refractivity contribution in [3.8, 4) is 0 Å². The predicted octanol–water partition coefficient (Wildman–Crippen LogP) is 7.59. The monoisotopic (exact) mass is 477 g/mol. The minimum atomic E-state index is -1.72. The molecule has 0 radical (unpaired) electrons. The van der Waals surface area contributed by atoms with Crippen molar-refractivity contribution in [2.75, 3.05) is 33.4 Å². The molecule has 0 aromatic rings. The van der Waals surface area contributed by atoms with Gasteiger partial charge in [0, 0.05) is 0 Å². The number of rotatable bonds is 21. The van der Waals surface area contributed by atoms with E-state index in [1.54, 1.807) is 0 Å². The van der Waals surface area contributed by atoms with Gasteiger partial charge < -0.3 is 23.9 Å². The van der Waals surface area contributed by atoms with Gasteiger partial charge in [-0.3, -0.25) is 0 Å². The van der Waals surface area contributed by atoms with Crippen molar-refractivity contribution >= 4 is 8.60 Å². The molecule has 6 heteroatoms. The Kier molecular flexibility index (Phi) is 26.0. The average molecular weight is 478 g/mol. The fourth-order valence-corrected chi connectivity index (χ4v) is 4.61. The Morgan fingerprint density at radius 3 is 1.62 bits per heavy atom. The zero-order chi connectivity index (χ0) is 23.7. The summed E-state index contributed by atoms with van der Waals surface area (Å²) in [6, 6.07) is 0. The summed E-state index contributed by atoms with van der Waals surface area (Å²) in [5.74, 6) is 0. The Morgan fingerprint density at radius 2 is 1.19 bits per heavy atom. The number of aliphatic hydroxyl groups is 1. The summed E-state index contributed by atoms with van der Waals surface area (Å²) in [6.45, 7) is 7.66. The molecule has 2 N–H and O–H groups in total. The van der Waals surface area contributed by atoms with Crippen LogP contribution in [0, 0.1) is 0 Å². The van der Waals surface area contributed by atoms with Gasteiger partial charge in [-0.1, -0.05) is 90.4 Å². The molecule has 2 unspecified atom stereocenters. The summed E-state index contributed by atoms with van der Waals surface area (Å²) in [5.41, 5.74) is 0. The maximum Gasteiger partial charge on any atom is 0.329 e. The van der Waals surface area contributed by atoms with Crippen molar-refractivity contribution in [3.63, 3.8) is 0 Å². The van der Waals surface area contributed by atoms with Gasteiger partial charge in [-0.2, -0.15) is 0 Å². The highest BCUT2D eigenvalue weighted by Crippen LogP contribution is 2.32. The molecule has 0 amide bonds. The van der Waals surface area contributed by atoms with E-state index >= 15 is 0 Å². The summed E-state index contributed by atoms with van der Waals surface area (Å²) >= 11 is 0. The normalized spacial score (nSPS) is 16.0. The van der Waals surface area contributed by atoms with E-state index in [1.165, 1.54) is 103 Å². The van der Waals surface area contributed by atoms with Gasteiger partial charge in [-0.15, -0.1) is 0 Å². The molecule has 2 atom stereocenters. The summed E-state index contributed by atoms with van der Waals surface area (Å²) in [5, 5.41) is 9.95. The molecular formula is C26H56NO4P. The third-order valence-electron chi connectivity index (χ3n) is 6.09. The standard InChI is InChI=1S/C21H45O4P.C5H11N/c1-3-5-6-7-8-9-10-11-12-13-14-15-16-18-21(22)19-17-20-25-26(23)24-4-2;1-6-4-2-3-5-6/h21-23H,3-20H2,1-2H3;2-5H2,1H3. The Morgan fingerprint density at radius 1 is 0.719 bits per heavy atom. The van der Waals surface area contributed by atoms with E-state index in [2.05, 4.69) is 18.9 Å². The highest BCUT2D eigenvalue weighted by Gasteiger charge is 2.07. The number of unbranched alkanes of at least 4 members (excludes halogenated alkanes) is 12. The van der Waals surface area contributed by atoms with Crippen molar-refractivity contribution in [3.05, 3.63) is 0 Å². The molecule has 1 aliphatic heterocycles. The fraction of sp³-hybridized carbons (Fsp3) is 1.00. The van der Waals surface area contributed by atoms with E-state index in [1.807, 2.05) is 6.92 Å². The van der Waals surface area contributed by atoms with Crippen molar-refractivity contribution in [2.24, 2.45) is 0 Å². The molecule has 194 valence electrons. The van der Waals surface area contributed by atoms with Gasteiger partial charge in [0.05, 0.1) is 19.3 Å². The number of aliphatic hydroxyl groups excluding tert-OH is 1. The first kappa shape index (κ1) is 32.2. The van der Waals surface area contributed by atoms with Gasteiger partial charge in [-0.05, 0) is 59.2 Å². The van der Waals surface area contributed by atoms with Crippen molar-refractivity contribution in [1.29, 1.82) is 0 Å². The van der Waals surface area contributed by atoms with Gasteiger partial charge in [-0.25, -0.2) is 0 Å². The van der Waals surface area contributed by atoms with Crippen molar-refractivity contribution in [1.82, 2.24) is 4.90 Å². The van der Waals surface area contributed by atoms with E-state index in [-0.39, 0.29) is 6.10 Å². The number of hydrogen-bond donors (Lipinski definition) is 2. The lowest BCUT2D eigenvalue weighted by Gasteiger charge is -2.12. The van der Waals surface area contributed by atoms with E-state index in [4.69, 9.17) is 9.05 Å². The SMILES string of the molecule is CCCCCCCCCCCCCCCC(O)CCCOP(O)OCC.CN1CCCC1. The lowest BCUT2D eigenvalue weighted by Crippen LogP contribution is -2.10. The number of nitrogens with zero attached hydrogens (tertiary/aromatic N) is 1. The summed E-state index contributed by atoms with van der Waals surface area (Å²) in [7, 11) is 0.453. The third-order valence-corrected chi connectivity index (χ3v) is 6.98. The molecule has 0 aromatic carbocycles. The lowest BCUT2D eigenvalue weighted by molar-refractivity contribution is 0.135. The first-order chi connectivity index (χ1) is 15.6. The van der Waals surface area contributed by atoms with E-state index in [0.717, 1.165) is 25.7 Å². The number of likely N-dealkylation sites (tertiary alicyclic amines) is 1. The Bertz CT molecular complexity index is 357. The zero-order valence-corrected chi connectivity index (χ0v) is 22.6. The van der Waals surface area contributed by atoms with Crippen LogP contribution in [-0.4, -0.2) is 54.4 Å². The second kappa shape index (κ2) is 25.8. The van der Waals surface area contributed by atoms with Crippen LogP contribution in [0.3, 0.4) is 0 Å². The van der Waals surface area contributed by atoms with Gasteiger partial charge in [0.15, 0.2) is 0 Å². The Labute approximate surface area is 201 Å². The van der Waals surface area contributed by atoms with Gasteiger partial charge in [0.1, 0.15) is 0 Å². The van der Waals surface area contributed by atoms with Crippen molar-refractivity contribution in [2.45, 2.75) is 136 Å². The molecule has 1 rings (SSSR count). The fourth-order valence-electron chi connectivity index (χ4n) is 4.03. The topological polar surface area (TPSA) is 62.2 Å². The minimum Gasteiger partial charge on any atom is -0.393 e. The van der Waals surface area contributed by atoms with Crippen LogP contribution < -0.4 is 0 Å².